The summed E-state index contributed by atoms with van der Waals surface area (Å²) < 4.78 is 10.8. The van der Waals surface area contributed by atoms with Gasteiger partial charge in [-0.1, -0.05) is 13.3 Å². The molecule has 134 valence electrons. The fourth-order valence-corrected chi connectivity index (χ4v) is 2.96. The number of Topliss-reactive ketones (excluding diaryl/α,β-unsaturated/α-hetero) is 1. The van der Waals surface area contributed by atoms with Gasteiger partial charge in [0.25, 0.3) is 5.91 Å². The van der Waals surface area contributed by atoms with Crippen LogP contribution in [-0.2, 0) is 9.53 Å². The summed E-state index contributed by atoms with van der Waals surface area (Å²) in [5, 5.41) is 2.66. The second-order valence-corrected chi connectivity index (χ2v) is 6.36. The maximum atomic E-state index is 12.5. The molecular weight excluding hydrogens is 324 g/mol. The highest BCUT2D eigenvalue weighted by molar-refractivity contribution is 6.11. The van der Waals surface area contributed by atoms with E-state index in [4.69, 9.17) is 9.47 Å². The van der Waals surface area contributed by atoms with Crippen LogP contribution in [0.25, 0.3) is 0 Å². The van der Waals surface area contributed by atoms with Crippen molar-refractivity contribution in [3.05, 3.63) is 29.8 Å². The van der Waals surface area contributed by atoms with E-state index in [0.717, 1.165) is 17.7 Å². The molecule has 2 heterocycles. The normalized spacial score (nSPS) is 22.5. The topological polar surface area (TPSA) is 84.9 Å². The van der Waals surface area contributed by atoms with Crippen molar-refractivity contribution in [2.75, 3.05) is 26.4 Å². The van der Waals surface area contributed by atoms with Crippen molar-refractivity contribution >= 4 is 17.7 Å². The third-order valence-corrected chi connectivity index (χ3v) is 4.51. The smallest absolute Gasteiger partial charge is 0.325 e. The van der Waals surface area contributed by atoms with Crippen molar-refractivity contribution in [3.8, 4) is 5.75 Å². The molecule has 0 bridgehead atoms. The molecule has 7 heteroatoms. The van der Waals surface area contributed by atoms with Gasteiger partial charge in [0.15, 0.2) is 5.78 Å². The number of amides is 3. The standard InChI is InChI=1S/C18H22N2O5/c1-2-3-9-25-14-6-4-13(5-7-14)15(21)11-20-16(22)18(19-17(20)23)8-10-24-12-18/h4-7H,2-3,8-12H2,1H3,(H,19,23). The monoisotopic (exact) mass is 346 g/mol. The minimum Gasteiger partial charge on any atom is -0.494 e. The van der Waals surface area contributed by atoms with Crippen LogP contribution in [0.3, 0.4) is 0 Å². The van der Waals surface area contributed by atoms with E-state index in [1.807, 2.05) is 0 Å². The molecule has 2 fully saturated rings. The van der Waals surface area contributed by atoms with E-state index >= 15 is 0 Å². The molecule has 1 aromatic carbocycles. The van der Waals surface area contributed by atoms with E-state index in [0.29, 0.717) is 30.9 Å². The lowest BCUT2D eigenvalue weighted by Gasteiger charge is -2.18. The zero-order valence-electron chi connectivity index (χ0n) is 14.2. The molecule has 1 N–H and O–H groups in total. The van der Waals surface area contributed by atoms with Crippen LogP contribution in [0.15, 0.2) is 24.3 Å². The molecule has 3 amide bonds. The van der Waals surface area contributed by atoms with Crippen molar-refractivity contribution in [2.24, 2.45) is 0 Å². The molecule has 1 spiro atoms. The lowest BCUT2D eigenvalue weighted by molar-refractivity contribution is -0.131. The number of nitrogens with zero attached hydrogens (tertiary/aromatic N) is 1. The van der Waals surface area contributed by atoms with Crippen LogP contribution in [-0.4, -0.2) is 54.5 Å². The first-order chi connectivity index (χ1) is 12.1. The van der Waals surface area contributed by atoms with Crippen molar-refractivity contribution < 1.29 is 23.9 Å². The van der Waals surface area contributed by atoms with Gasteiger partial charge in [-0.3, -0.25) is 14.5 Å². The number of hydrogen-bond donors (Lipinski definition) is 1. The lowest BCUT2D eigenvalue weighted by atomic mass is 9.99. The number of urea groups is 1. The summed E-state index contributed by atoms with van der Waals surface area (Å²) in [6.07, 6.45) is 2.46. The number of carbonyl (C=O) groups excluding carboxylic acids is 3. The Kier molecular flexibility index (Phi) is 5.03. The molecule has 0 saturated carbocycles. The average molecular weight is 346 g/mol. The SMILES string of the molecule is CCCCOc1ccc(C(=O)CN2C(=O)NC3(CCOC3)C2=O)cc1. The first-order valence-electron chi connectivity index (χ1n) is 8.54. The molecule has 1 aromatic rings. The number of imide groups is 1. The maximum absolute atomic E-state index is 12.5. The van der Waals surface area contributed by atoms with Gasteiger partial charge in [-0.25, -0.2) is 4.79 Å². The second-order valence-electron chi connectivity index (χ2n) is 6.36. The van der Waals surface area contributed by atoms with Gasteiger partial charge in [0.1, 0.15) is 11.3 Å². The van der Waals surface area contributed by atoms with Crippen molar-refractivity contribution in [1.29, 1.82) is 0 Å². The van der Waals surface area contributed by atoms with Crippen LogP contribution in [0.1, 0.15) is 36.5 Å². The largest absolute Gasteiger partial charge is 0.494 e. The molecule has 0 aromatic heterocycles. The van der Waals surface area contributed by atoms with Gasteiger partial charge in [-0.05, 0) is 30.7 Å². The highest BCUT2D eigenvalue weighted by Crippen LogP contribution is 2.27. The average Bonchev–Trinajstić information content (AvgIpc) is 3.17. The molecule has 1 atom stereocenters. The Morgan fingerprint density at radius 3 is 2.72 bits per heavy atom. The van der Waals surface area contributed by atoms with Crippen LogP contribution in [0.2, 0.25) is 0 Å². The number of ether oxygens (including phenoxy) is 2. The molecule has 1 unspecified atom stereocenters. The first-order valence-corrected chi connectivity index (χ1v) is 8.54. The summed E-state index contributed by atoms with van der Waals surface area (Å²) >= 11 is 0. The molecular formula is C18H22N2O5. The Hall–Kier alpha value is -2.41. The van der Waals surface area contributed by atoms with Crippen LogP contribution in [0.4, 0.5) is 4.79 Å². The van der Waals surface area contributed by atoms with Crippen LogP contribution < -0.4 is 10.1 Å². The van der Waals surface area contributed by atoms with Crippen molar-refractivity contribution in [3.63, 3.8) is 0 Å². The van der Waals surface area contributed by atoms with E-state index in [9.17, 15) is 14.4 Å². The highest BCUT2D eigenvalue weighted by atomic mass is 16.5. The molecule has 2 aliphatic rings. The van der Waals surface area contributed by atoms with Gasteiger partial charge in [-0.15, -0.1) is 0 Å². The molecule has 2 aliphatic heterocycles. The molecule has 0 radical (unpaired) electrons. The van der Waals surface area contributed by atoms with Gasteiger partial charge < -0.3 is 14.8 Å². The lowest BCUT2D eigenvalue weighted by Crippen LogP contribution is -2.47. The summed E-state index contributed by atoms with van der Waals surface area (Å²) in [4.78, 5) is 38.0. The second kappa shape index (κ2) is 7.23. The third kappa shape index (κ3) is 3.51. The molecule has 2 saturated heterocycles. The minimum absolute atomic E-state index is 0.159. The summed E-state index contributed by atoms with van der Waals surface area (Å²) in [6, 6.07) is 6.21. The zero-order chi connectivity index (χ0) is 17.9. The van der Waals surface area contributed by atoms with Gasteiger partial charge in [-0.2, -0.15) is 0 Å². The van der Waals surface area contributed by atoms with Gasteiger partial charge in [0, 0.05) is 18.6 Å². The Balaban J connectivity index is 1.62. The molecule has 7 nitrogen and oxygen atoms in total. The van der Waals surface area contributed by atoms with Gasteiger partial charge >= 0.3 is 6.03 Å². The Labute approximate surface area is 146 Å². The third-order valence-electron chi connectivity index (χ3n) is 4.51. The minimum atomic E-state index is -0.992. The van der Waals surface area contributed by atoms with E-state index < -0.39 is 11.6 Å². The van der Waals surface area contributed by atoms with E-state index in [1.165, 1.54) is 0 Å². The van der Waals surface area contributed by atoms with E-state index in [2.05, 4.69) is 12.2 Å². The number of rotatable bonds is 7. The number of ketones is 1. The number of nitrogens with one attached hydrogen (secondary N) is 1. The quantitative estimate of drug-likeness (QED) is 0.462. The Morgan fingerprint density at radius 1 is 1.32 bits per heavy atom. The van der Waals surface area contributed by atoms with E-state index in [1.54, 1.807) is 24.3 Å². The molecule has 25 heavy (non-hydrogen) atoms. The maximum Gasteiger partial charge on any atom is 0.325 e. The first kappa shape index (κ1) is 17.4. The summed E-state index contributed by atoms with van der Waals surface area (Å²) in [5.74, 6) is 0.0180. The number of hydrogen-bond acceptors (Lipinski definition) is 5. The fraction of sp³-hybridized carbons (Fsp3) is 0.500. The fourth-order valence-electron chi connectivity index (χ4n) is 2.96. The van der Waals surface area contributed by atoms with Gasteiger partial charge in [0.05, 0.1) is 19.8 Å². The summed E-state index contributed by atoms with van der Waals surface area (Å²) in [7, 11) is 0. The predicted octanol–water partition coefficient (Wildman–Crippen LogP) is 1.76. The zero-order valence-corrected chi connectivity index (χ0v) is 14.2. The molecule has 0 aliphatic carbocycles. The Bertz CT molecular complexity index is 665. The van der Waals surface area contributed by atoms with Crippen molar-refractivity contribution in [2.45, 2.75) is 31.7 Å². The molecule has 3 rings (SSSR count). The number of benzene rings is 1. The van der Waals surface area contributed by atoms with Crippen LogP contribution in [0.5, 0.6) is 5.75 Å². The van der Waals surface area contributed by atoms with Gasteiger partial charge in [0.2, 0.25) is 0 Å². The Morgan fingerprint density at radius 2 is 2.08 bits per heavy atom. The van der Waals surface area contributed by atoms with Crippen LogP contribution in [0, 0.1) is 0 Å². The number of carbonyl (C=O) groups is 3. The summed E-state index contributed by atoms with van der Waals surface area (Å²) in [5.41, 5.74) is -0.555. The van der Waals surface area contributed by atoms with E-state index in [-0.39, 0.29) is 24.8 Å². The summed E-state index contributed by atoms with van der Waals surface area (Å²) in [6.45, 7) is 3.03. The number of unbranched alkanes of at least 4 members (excludes halogenated alkanes) is 1. The predicted molar refractivity (Wildman–Crippen MR) is 89.6 cm³/mol. The highest BCUT2D eigenvalue weighted by Gasteiger charge is 2.53. The van der Waals surface area contributed by atoms with Crippen LogP contribution >= 0.6 is 0 Å². The van der Waals surface area contributed by atoms with Crippen molar-refractivity contribution in [1.82, 2.24) is 10.2 Å².